The third-order valence-electron chi connectivity index (χ3n) is 7.87. The van der Waals surface area contributed by atoms with Gasteiger partial charge in [0.2, 0.25) is 0 Å². The summed E-state index contributed by atoms with van der Waals surface area (Å²) in [6, 6.07) is -32.5. The number of benzene rings is 9. The molecular formula is C51H33N3. The minimum atomic E-state index is -1.19. The largest absolute Gasteiger partial charge is 0.208 e. The van der Waals surface area contributed by atoms with Crippen LogP contribution in [0.1, 0.15) is 45.2 Å². The fourth-order valence-corrected chi connectivity index (χ4v) is 5.45. The van der Waals surface area contributed by atoms with Crippen molar-refractivity contribution in [2.45, 2.75) is 0 Å². The van der Waals surface area contributed by atoms with E-state index in [0.29, 0.717) is 0 Å². The molecule has 0 radical (unpaired) electrons. The molecule has 10 aromatic rings. The van der Waals surface area contributed by atoms with Crippen molar-refractivity contribution < 1.29 is 45.2 Å². The van der Waals surface area contributed by atoms with Crippen molar-refractivity contribution in [3.63, 3.8) is 0 Å². The predicted octanol–water partition coefficient (Wildman–Crippen LogP) is 13.3. The molecule has 0 bridgehead atoms. The lowest BCUT2D eigenvalue weighted by Gasteiger charge is -2.13. The number of fused-ring (bicyclic) bond motifs is 6. The number of aromatic nitrogens is 3. The zero-order valence-corrected chi connectivity index (χ0v) is 26.8. The van der Waals surface area contributed by atoms with E-state index in [2.05, 4.69) is 15.0 Å². The van der Waals surface area contributed by atoms with Gasteiger partial charge in [-0.25, -0.2) is 15.0 Å². The molecule has 0 amide bonds. The van der Waals surface area contributed by atoms with Crippen LogP contribution < -0.4 is 0 Å². The van der Waals surface area contributed by atoms with Gasteiger partial charge in [0.05, 0.1) is 45.2 Å². The van der Waals surface area contributed by atoms with Crippen LogP contribution in [0.15, 0.2) is 199 Å². The summed E-state index contributed by atoms with van der Waals surface area (Å²) in [7, 11) is 0. The highest BCUT2D eigenvalue weighted by atomic mass is 15.0. The van der Waals surface area contributed by atoms with E-state index in [-0.39, 0.29) is 0 Å². The van der Waals surface area contributed by atoms with Crippen LogP contribution in [0.3, 0.4) is 0 Å². The predicted molar refractivity (Wildman–Crippen MR) is 225 cm³/mol. The summed E-state index contributed by atoms with van der Waals surface area (Å²) >= 11 is 0. The van der Waals surface area contributed by atoms with Crippen LogP contribution in [-0.2, 0) is 0 Å². The smallest absolute Gasteiger partial charge is 0.164 e. The molecule has 0 spiro atoms. The van der Waals surface area contributed by atoms with Gasteiger partial charge in [-0.3, -0.25) is 0 Å². The van der Waals surface area contributed by atoms with E-state index in [4.69, 9.17) is 32.9 Å². The van der Waals surface area contributed by atoms with Crippen molar-refractivity contribution in [3.05, 3.63) is 199 Å². The topological polar surface area (TPSA) is 38.7 Å². The minimum Gasteiger partial charge on any atom is -0.208 e. The van der Waals surface area contributed by atoms with E-state index in [1.165, 1.54) is 0 Å². The lowest BCUT2D eigenvalue weighted by Crippen LogP contribution is -2.00. The van der Waals surface area contributed by atoms with Crippen LogP contribution in [0, 0.1) is 0 Å². The molecule has 252 valence electrons. The van der Waals surface area contributed by atoms with E-state index in [0.717, 1.165) is 0 Å². The molecule has 0 saturated carbocycles. The summed E-state index contributed by atoms with van der Waals surface area (Å²) < 4.78 is 293. The molecule has 0 aliphatic carbocycles. The number of hydrogen-bond donors (Lipinski definition) is 0. The average Bonchev–Trinajstić information content (AvgIpc) is 0.702. The maximum atomic E-state index is 9.69. The zero-order chi connectivity index (χ0) is 64.6. The Morgan fingerprint density at radius 2 is 0.537 bits per heavy atom. The molecule has 0 aliphatic rings. The first kappa shape index (κ1) is 12.4. The lowest BCUT2D eigenvalue weighted by atomic mass is 9.91. The minimum absolute atomic E-state index is 0.492. The standard InChI is InChI=1S/C51H33N3/c1-3-13-36(14-4-1)49-52-50(37-15-5-2-6-16-37)54-51(53-49)42-20-12-18-39(32-42)35-27-25-34(26-28-35)38-17-11-19-40(31-38)41-29-30-47-45-23-8-7-21-43(45)44-22-9-10-24-46(44)48(47)33-41/h1-33H/i1D,2D,3D,4D,5D,6D,7D,8D,9D,10D,11D,12D,13D,14D,15D,16D,17D,18D,19D,20D,21D,22D,23D,24D,25D,26D,27D,28D,29D,30D,31D,32D,33D. The summed E-state index contributed by atoms with van der Waals surface area (Å²) in [6.45, 7) is 0. The first-order valence-corrected chi connectivity index (χ1v) is 15.6. The Morgan fingerprint density at radius 1 is 0.222 bits per heavy atom. The second-order valence-electron chi connectivity index (χ2n) is 11.1. The number of rotatable bonds is 6. The second-order valence-corrected chi connectivity index (χ2v) is 11.1. The Morgan fingerprint density at radius 3 is 1.04 bits per heavy atom. The summed E-state index contributed by atoms with van der Waals surface area (Å²) in [5, 5.41) is -3.34. The van der Waals surface area contributed by atoms with E-state index in [1.807, 2.05) is 0 Å². The second kappa shape index (κ2) is 13.4. The average molecular weight is 721 g/mol. The lowest BCUT2D eigenvalue weighted by molar-refractivity contribution is 1.07. The molecule has 3 nitrogen and oxygen atoms in total. The Hall–Kier alpha value is -7.23. The van der Waals surface area contributed by atoms with Crippen molar-refractivity contribution >= 4 is 32.3 Å². The van der Waals surface area contributed by atoms with Crippen LogP contribution in [0.5, 0.6) is 0 Å². The molecular weight excluding hydrogens is 655 g/mol. The zero-order valence-electron chi connectivity index (χ0n) is 59.8. The summed E-state index contributed by atoms with van der Waals surface area (Å²) in [4.78, 5) is 12.6. The van der Waals surface area contributed by atoms with Gasteiger partial charge in [0.25, 0.3) is 0 Å². The maximum absolute atomic E-state index is 9.69. The highest BCUT2D eigenvalue weighted by Crippen LogP contribution is 2.38. The molecule has 0 atom stereocenters. The maximum Gasteiger partial charge on any atom is 0.164 e. The molecule has 3 heteroatoms. The molecule has 9 aromatic carbocycles. The molecule has 1 aromatic heterocycles. The van der Waals surface area contributed by atoms with Crippen LogP contribution in [0.2, 0.25) is 0 Å². The van der Waals surface area contributed by atoms with Crippen LogP contribution in [0.25, 0.3) is 99.9 Å². The Bertz CT molecular complexity index is 4690. The molecule has 10 rings (SSSR count). The summed E-state index contributed by atoms with van der Waals surface area (Å²) in [6.07, 6.45) is 0. The van der Waals surface area contributed by atoms with Crippen molar-refractivity contribution in [2.24, 2.45) is 0 Å². The van der Waals surface area contributed by atoms with Gasteiger partial charge in [-0.05, 0) is 83.8 Å². The van der Waals surface area contributed by atoms with Crippen molar-refractivity contribution in [1.82, 2.24) is 15.0 Å². The van der Waals surface area contributed by atoms with E-state index < -0.39 is 299 Å². The summed E-state index contributed by atoms with van der Waals surface area (Å²) in [5.41, 5.74) is -8.11. The van der Waals surface area contributed by atoms with Gasteiger partial charge in [-0.1, -0.05) is 181 Å². The summed E-state index contributed by atoms with van der Waals surface area (Å²) in [5.74, 6) is -2.66. The Balaban J connectivity index is 1.27. The monoisotopic (exact) mass is 720 g/mol. The highest BCUT2D eigenvalue weighted by molar-refractivity contribution is 6.25. The fourth-order valence-electron chi connectivity index (χ4n) is 5.45. The molecule has 0 aliphatic heterocycles. The van der Waals surface area contributed by atoms with Gasteiger partial charge >= 0.3 is 0 Å². The normalized spacial score (nSPS) is 19.9. The Labute approximate surface area is 360 Å². The molecule has 54 heavy (non-hydrogen) atoms. The van der Waals surface area contributed by atoms with Gasteiger partial charge < -0.3 is 0 Å². The van der Waals surface area contributed by atoms with E-state index >= 15 is 0 Å². The van der Waals surface area contributed by atoms with Crippen LogP contribution in [-0.4, -0.2) is 15.0 Å². The first-order valence-electron chi connectivity index (χ1n) is 32.1. The van der Waals surface area contributed by atoms with Gasteiger partial charge in [0, 0.05) is 16.7 Å². The highest BCUT2D eigenvalue weighted by Gasteiger charge is 2.14. The quantitative estimate of drug-likeness (QED) is 0.161. The van der Waals surface area contributed by atoms with Crippen LogP contribution >= 0.6 is 0 Å². The van der Waals surface area contributed by atoms with Crippen molar-refractivity contribution in [1.29, 1.82) is 0 Å². The van der Waals surface area contributed by atoms with E-state index in [1.54, 1.807) is 0 Å². The fraction of sp³-hybridized carbons (Fsp3) is 0. The third kappa shape index (κ3) is 5.78. The number of hydrogen-bond acceptors (Lipinski definition) is 3. The molecule has 0 unspecified atom stereocenters. The molecule has 1 heterocycles. The molecule has 0 N–H and O–H groups in total. The first-order chi connectivity index (χ1) is 40.5. The van der Waals surface area contributed by atoms with Crippen molar-refractivity contribution in [2.75, 3.05) is 0 Å². The van der Waals surface area contributed by atoms with Gasteiger partial charge in [-0.15, -0.1) is 0 Å². The van der Waals surface area contributed by atoms with Crippen LogP contribution in [0.4, 0.5) is 0 Å². The van der Waals surface area contributed by atoms with E-state index in [9.17, 15) is 12.3 Å². The Kier molecular flexibility index (Phi) is 3.08. The van der Waals surface area contributed by atoms with Gasteiger partial charge in [-0.2, -0.15) is 0 Å². The SMILES string of the molecule is [2H]c1c([2H])c([2H])c(-c2nc(-c3c([2H])c([2H])c([2H])c([2H])c3[2H])nc(-c3c([2H])c([2H])c([2H])c(-c4c([2H])c([2H])c(-c5c([2H])c([2H])c([2H])c(-c6c([2H])c([2H])c7c8c([2H])c([2H])c([2H])c([2H])c8c8c([2H])c([2H])c([2H])c([2H])c8c7c6[2H])c5[2H])c([2H])c4[2H])c3[2H])n2)c([2H])c1[2H]. The molecule has 0 saturated heterocycles. The third-order valence-corrected chi connectivity index (χ3v) is 7.87. The molecule has 0 fully saturated rings. The van der Waals surface area contributed by atoms with Gasteiger partial charge in [0.1, 0.15) is 0 Å². The van der Waals surface area contributed by atoms with Gasteiger partial charge in [0.15, 0.2) is 17.5 Å². The number of nitrogens with zero attached hydrogens (tertiary/aromatic N) is 3. The van der Waals surface area contributed by atoms with Crippen molar-refractivity contribution in [3.8, 4) is 67.5 Å².